The first-order chi connectivity index (χ1) is 20.9. The van der Waals surface area contributed by atoms with Gasteiger partial charge in [-0.1, -0.05) is 55.6 Å². The van der Waals surface area contributed by atoms with E-state index in [1.165, 1.54) is 0 Å². The monoisotopic (exact) mass is 592 g/mol. The van der Waals surface area contributed by atoms with Gasteiger partial charge in [0.2, 0.25) is 0 Å². The Hall–Kier alpha value is -4.47. The molecule has 0 aliphatic rings. The van der Waals surface area contributed by atoms with Crippen molar-refractivity contribution in [2.45, 2.75) is 19.3 Å². The Bertz CT molecular complexity index is 1370. The lowest BCUT2D eigenvalue weighted by Crippen LogP contribution is -2.14. The molecular weight excluding hydrogens is 555 g/mol. The quantitative estimate of drug-likeness (QED) is 0.117. The first-order valence-corrected chi connectivity index (χ1v) is 13.9. The number of aliphatic hydroxyl groups excluding tert-OH is 2. The lowest BCUT2D eigenvalue weighted by Gasteiger charge is -2.14. The highest BCUT2D eigenvalue weighted by molar-refractivity contribution is 5.88. The van der Waals surface area contributed by atoms with Crippen molar-refractivity contribution >= 4 is 11.9 Å². The number of rotatable bonds is 18. The van der Waals surface area contributed by atoms with E-state index < -0.39 is 25.2 Å². The number of halogens is 1. The normalized spacial score (nSPS) is 10.6. The molecule has 228 valence electrons. The van der Waals surface area contributed by atoms with E-state index in [-0.39, 0.29) is 44.2 Å². The maximum atomic E-state index is 12.9. The molecule has 0 unspecified atom stereocenters. The van der Waals surface area contributed by atoms with Crippen molar-refractivity contribution in [3.63, 3.8) is 0 Å². The van der Waals surface area contributed by atoms with Crippen molar-refractivity contribution in [3.8, 4) is 33.8 Å². The highest BCUT2D eigenvalue weighted by atomic mass is 19.1. The predicted molar refractivity (Wildman–Crippen MR) is 162 cm³/mol. The second-order valence-electron chi connectivity index (χ2n) is 9.56. The first-order valence-electron chi connectivity index (χ1n) is 13.9. The number of alkyl halides is 1. The van der Waals surface area contributed by atoms with Crippen LogP contribution in [0.4, 0.5) is 4.39 Å². The van der Waals surface area contributed by atoms with Gasteiger partial charge in [0.25, 0.3) is 0 Å². The number of hydrogen-bond donors (Lipinski definition) is 2. The molecule has 0 fully saturated rings. The zero-order chi connectivity index (χ0) is 31.0. The van der Waals surface area contributed by atoms with Crippen LogP contribution in [0.2, 0.25) is 0 Å². The van der Waals surface area contributed by atoms with Crippen LogP contribution in [0.5, 0.6) is 11.5 Å². The van der Waals surface area contributed by atoms with Crippen molar-refractivity contribution in [1.82, 2.24) is 0 Å². The molecule has 0 bridgehead atoms. The highest BCUT2D eigenvalue weighted by Gasteiger charge is 2.11. The number of carbonyl (C=O) groups excluding carboxylic acids is 2. The number of hydrogen-bond acceptors (Lipinski definition) is 8. The van der Waals surface area contributed by atoms with Gasteiger partial charge in [-0.15, -0.1) is 0 Å². The summed E-state index contributed by atoms with van der Waals surface area (Å²) in [4.78, 5) is 23.1. The zero-order valence-electron chi connectivity index (χ0n) is 24.1. The van der Waals surface area contributed by atoms with E-state index in [1.807, 2.05) is 54.6 Å². The molecule has 0 saturated carbocycles. The standard InChI is InChI=1S/C34H37FO8/c1-24(22-36)33(38)42-19-17-40-30-11-6-26(7-12-30)28-10-15-32(29(21-28)5-3-4-16-35)27-8-13-31(14-9-27)41-18-20-43-34(39)25(2)23-37/h6-15,21,36-37H,1-5,16-20,22-23H2. The second-order valence-corrected chi connectivity index (χ2v) is 9.56. The van der Waals surface area contributed by atoms with Crippen LogP contribution >= 0.6 is 0 Å². The molecular formula is C34H37FO8. The minimum Gasteiger partial charge on any atom is -0.490 e. The van der Waals surface area contributed by atoms with Crippen molar-refractivity contribution in [1.29, 1.82) is 0 Å². The van der Waals surface area contributed by atoms with Gasteiger partial charge in [0.05, 0.1) is 31.0 Å². The number of aryl methyl sites for hydroxylation is 1. The van der Waals surface area contributed by atoms with Crippen LogP contribution in [0.15, 0.2) is 91.0 Å². The van der Waals surface area contributed by atoms with E-state index in [0.717, 1.165) is 40.7 Å². The summed E-state index contributed by atoms with van der Waals surface area (Å²) >= 11 is 0. The number of carbonyl (C=O) groups is 2. The van der Waals surface area contributed by atoms with Crippen molar-refractivity contribution < 1.29 is 43.1 Å². The topological polar surface area (TPSA) is 112 Å². The van der Waals surface area contributed by atoms with Crippen molar-refractivity contribution in [2.24, 2.45) is 0 Å². The van der Waals surface area contributed by atoms with Gasteiger partial charge < -0.3 is 29.2 Å². The summed E-state index contributed by atoms with van der Waals surface area (Å²) in [5.74, 6) is -0.0698. The third-order valence-electron chi connectivity index (χ3n) is 6.42. The largest absolute Gasteiger partial charge is 0.490 e. The second kappa shape index (κ2) is 17.5. The van der Waals surface area contributed by atoms with Gasteiger partial charge in [-0.2, -0.15) is 0 Å². The Morgan fingerprint density at radius 2 is 1.14 bits per heavy atom. The summed E-state index contributed by atoms with van der Waals surface area (Å²) < 4.78 is 34.1. The van der Waals surface area contributed by atoms with E-state index in [2.05, 4.69) is 25.3 Å². The van der Waals surface area contributed by atoms with Gasteiger partial charge >= 0.3 is 11.9 Å². The Morgan fingerprint density at radius 3 is 1.63 bits per heavy atom. The number of ether oxygens (including phenoxy) is 4. The molecule has 0 amide bonds. The lowest BCUT2D eigenvalue weighted by molar-refractivity contribution is -0.141. The molecule has 8 nitrogen and oxygen atoms in total. The lowest BCUT2D eigenvalue weighted by atomic mass is 9.92. The van der Waals surface area contributed by atoms with Gasteiger partial charge in [0, 0.05) is 0 Å². The average Bonchev–Trinajstić information content (AvgIpc) is 3.04. The molecule has 0 radical (unpaired) electrons. The van der Waals surface area contributed by atoms with Crippen LogP contribution in [-0.2, 0) is 25.5 Å². The SMILES string of the molecule is C=C(CO)C(=O)OCCOc1ccc(-c2ccc(-c3ccc(OCCOC(=O)C(=C)CO)cc3)c(CCCCF)c2)cc1. The maximum absolute atomic E-state index is 12.9. The molecule has 43 heavy (non-hydrogen) atoms. The molecule has 0 spiro atoms. The maximum Gasteiger partial charge on any atom is 0.335 e. The van der Waals surface area contributed by atoms with E-state index in [1.54, 1.807) is 0 Å². The van der Waals surface area contributed by atoms with E-state index in [4.69, 9.17) is 29.2 Å². The molecule has 0 atom stereocenters. The van der Waals surface area contributed by atoms with Crippen molar-refractivity contribution in [3.05, 3.63) is 96.6 Å². The number of esters is 2. The summed E-state index contributed by atoms with van der Waals surface area (Å²) in [6.45, 7) is 5.96. The van der Waals surface area contributed by atoms with Crippen LogP contribution in [0.3, 0.4) is 0 Å². The molecule has 9 heteroatoms. The predicted octanol–water partition coefficient (Wildman–Crippen LogP) is 5.25. The smallest absolute Gasteiger partial charge is 0.335 e. The molecule has 3 aromatic carbocycles. The Morgan fingerprint density at radius 1 is 0.651 bits per heavy atom. The summed E-state index contributed by atoms with van der Waals surface area (Å²) in [6, 6.07) is 21.4. The van der Waals surface area contributed by atoms with Crippen LogP contribution in [0.25, 0.3) is 22.3 Å². The molecule has 3 aromatic rings. The number of aliphatic hydroxyl groups is 2. The zero-order valence-corrected chi connectivity index (χ0v) is 24.1. The summed E-state index contributed by atoms with van der Waals surface area (Å²) in [5.41, 5.74) is 5.12. The summed E-state index contributed by atoms with van der Waals surface area (Å²) in [6.07, 6.45) is 1.93. The molecule has 0 aliphatic heterocycles. The molecule has 3 rings (SSSR count). The van der Waals surface area contributed by atoms with Crippen LogP contribution in [-0.4, -0.2) is 68.5 Å². The van der Waals surface area contributed by atoms with Gasteiger partial charge in [-0.25, -0.2) is 9.59 Å². The summed E-state index contributed by atoms with van der Waals surface area (Å²) in [7, 11) is 0. The van der Waals surface area contributed by atoms with Crippen LogP contribution in [0, 0.1) is 0 Å². The van der Waals surface area contributed by atoms with E-state index in [0.29, 0.717) is 17.9 Å². The Labute approximate surface area is 251 Å². The first kappa shape index (κ1) is 33.0. The van der Waals surface area contributed by atoms with Gasteiger partial charge in [-0.3, -0.25) is 4.39 Å². The van der Waals surface area contributed by atoms with Gasteiger partial charge in [-0.05, 0) is 71.3 Å². The van der Waals surface area contributed by atoms with E-state index in [9.17, 15) is 14.0 Å². The summed E-state index contributed by atoms with van der Waals surface area (Å²) in [5, 5.41) is 17.8. The van der Waals surface area contributed by atoms with Crippen LogP contribution < -0.4 is 9.47 Å². The van der Waals surface area contributed by atoms with Gasteiger partial charge in [0.1, 0.15) is 37.9 Å². The molecule has 0 aromatic heterocycles. The van der Waals surface area contributed by atoms with Gasteiger partial charge in [0.15, 0.2) is 0 Å². The molecule has 2 N–H and O–H groups in total. The Kier molecular flexibility index (Phi) is 13.4. The van der Waals surface area contributed by atoms with Crippen molar-refractivity contribution in [2.75, 3.05) is 46.3 Å². The fourth-order valence-corrected chi connectivity index (χ4v) is 4.07. The highest BCUT2D eigenvalue weighted by Crippen LogP contribution is 2.32. The fourth-order valence-electron chi connectivity index (χ4n) is 4.07. The average molecular weight is 593 g/mol. The third kappa shape index (κ3) is 10.4. The molecule has 0 heterocycles. The third-order valence-corrected chi connectivity index (χ3v) is 6.42. The number of benzene rings is 3. The fraction of sp³-hybridized carbons (Fsp3) is 0.294. The van der Waals surface area contributed by atoms with E-state index >= 15 is 0 Å². The minimum atomic E-state index is -0.656. The number of unbranched alkanes of at least 4 members (excludes halogenated alkanes) is 1. The minimum absolute atomic E-state index is 0.00912. The Balaban J connectivity index is 1.64. The molecule has 0 aliphatic carbocycles. The van der Waals surface area contributed by atoms with Crippen LogP contribution in [0.1, 0.15) is 18.4 Å². The molecule has 0 saturated heterocycles.